The molecule has 1 amide bonds. The Labute approximate surface area is 132 Å². The highest BCUT2D eigenvalue weighted by Gasteiger charge is 2.14. The van der Waals surface area contributed by atoms with E-state index in [1.807, 2.05) is 0 Å². The number of rotatable bonds is 6. The number of benzene rings is 1. The Balaban J connectivity index is 1.82. The second-order valence-electron chi connectivity index (χ2n) is 4.59. The lowest BCUT2D eigenvalue weighted by Crippen LogP contribution is -2.39. The number of hydrogen-bond donors (Lipinski definition) is 1. The standard InChI is InChI=1S/C15H16ClN3O3/c1-11(22-13-5-2-4-12(16)10-13)15(21)17-8-9-19-14(20)6-3-7-18-19/h2-7,10-11H,8-9H2,1H3,(H,17,21). The SMILES string of the molecule is CC(Oc1cccc(Cl)c1)C(=O)NCCn1ncccc1=O. The van der Waals surface area contributed by atoms with Crippen molar-refractivity contribution in [2.24, 2.45) is 0 Å². The van der Waals surface area contributed by atoms with Crippen LogP contribution in [0, 0.1) is 0 Å². The number of ether oxygens (including phenoxy) is 1. The van der Waals surface area contributed by atoms with E-state index in [-0.39, 0.29) is 11.5 Å². The number of aromatic nitrogens is 2. The van der Waals surface area contributed by atoms with Crippen molar-refractivity contribution >= 4 is 17.5 Å². The molecule has 0 radical (unpaired) electrons. The third-order valence-electron chi connectivity index (χ3n) is 2.89. The molecular weight excluding hydrogens is 306 g/mol. The highest BCUT2D eigenvalue weighted by atomic mass is 35.5. The maximum Gasteiger partial charge on any atom is 0.266 e. The number of amides is 1. The minimum absolute atomic E-state index is 0.208. The van der Waals surface area contributed by atoms with E-state index in [9.17, 15) is 9.59 Å². The van der Waals surface area contributed by atoms with E-state index >= 15 is 0 Å². The molecule has 0 saturated heterocycles. The molecule has 0 fully saturated rings. The van der Waals surface area contributed by atoms with Gasteiger partial charge in [0.05, 0.1) is 6.54 Å². The van der Waals surface area contributed by atoms with Crippen molar-refractivity contribution in [2.45, 2.75) is 19.6 Å². The summed E-state index contributed by atoms with van der Waals surface area (Å²) >= 11 is 5.85. The van der Waals surface area contributed by atoms with Crippen LogP contribution in [0.25, 0.3) is 0 Å². The van der Waals surface area contributed by atoms with Gasteiger partial charge in [-0.2, -0.15) is 5.10 Å². The summed E-state index contributed by atoms with van der Waals surface area (Å²) < 4.78 is 6.78. The van der Waals surface area contributed by atoms with Gasteiger partial charge in [0, 0.05) is 23.8 Å². The van der Waals surface area contributed by atoms with Crippen molar-refractivity contribution in [1.82, 2.24) is 15.1 Å². The number of nitrogens with one attached hydrogen (secondary N) is 1. The first-order chi connectivity index (χ1) is 10.6. The van der Waals surface area contributed by atoms with Crippen LogP contribution in [0.2, 0.25) is 5.02 Å². The maximum atomic E-state index is 11.9. The van der Waals surface area contributed by atoms with E-state index in [2.05, 4.69) is 10.4 Å². The molecule has 7 heteroatoms. The van der Waals surface area contributed by atoms with Crippen molar-refractivity contribution in [3.05, 3.63) is 58.0 Å². The Morgan fingerprint density at radius 3 is 2.95 bits per heavy atom. The summed E-state index contributed by atoms with van der Waals surface area (Å²) in [5.74, 6) is 0.250. The average molecular weight is 322 g/mol. The normalized spacial score (nSPS) is 11.7. The second-order valence-corrected chi connectivity index (χ2v) is 5.03. The Bertz CT molecular complexity index is 702. The lowest BCUT2D eigenvalue weighted by atomic mass is 10.3. The van der Waals surface area contributed by atoms with Gasteiger partial charge in [-0.05, 0) is 31.2 Å². The number of carbonyl (C=O) groups is 1. The molecule has 1 unspecified atom stereocenters. The van der Waals surface area contributed by atoms with Crippen LogP contribution in [0.3, 0.4) is 0 Å². The van der Waals surface area contributed by atoms with E-state index < -0.39 is 6.10 Å². The predicted molar refractivity (Wildman–Crippen MR) is 83.0 cm³/mol. The monoisotopic (exact) mass is 321 g/mol. The molecule has 1 N–H and O–H groups in total. The first-order valence-corrected chi connectivity index (χ1v) is 7.16. The first-order valence-electron chi connectivity index (χ1n) is 6.78. The Morgan fingerprint density at radius 2 is 2.23 bits per heavy atom. The molecule has 0 aliphatic carbocycles. The quantitative estimate of drug-likeness (QED) is 0.874. The van der Waals surface area contributed by atoms with E-state index in [0.29, 0.717) is 23.9 Å². The Kier molecular flexibility index (Phi) is 5.55. The zero-order chi connectivity index (χ0) is 15.9. The molecule has 2 rings (SSSR count). The van der Waals surface area contributed by atoms with Gasteiger partial charge < -0.3 is 10.1 Å². The van der Waals surface area contributed by atoms with E-state index in [1.54, 1.807) is 37.3 Å². The van der Waals surface area contributed by atoms with Crippen LogP contribution in [0.15, 0.2) is 47.4 Å². The van der Waals surface area contributed by atoms with Crippen molar-refractivity contribution < 1.29 is 9.53 Å². The summed E-state index contributed by atoms with van der Waals surface area (Å²) in [6.45, 7) is 2.23. The highest BCUT2D eigenvalue weighted by molar-refractivity contribution is 6.30. The summed E-state index contributed by atoms with van der Waals surface area (Å²) in [6.07, 6.45) is 0.854. The van der Waals surface area contributed by atoms with E-state index in [4.69, 9.17) is 16.3 Å². The van der Waals surface area contributed by atoms with Crippen molar-refractivity contribution in [3.8, 4) is 5.75 Å². The van der Waals surface area contributed by atoms with Gasteiger partial charge in [0.25, 0.3) is 11.5 Å². The molecule has 116 valence electrons. The van der Waals surface area contributed by atoms with Crippen LogP contribution in [0.1, 0.15) is 6.92 Å². The van der Waals surface area contributed by atoms with Crippen molar-refractivity contribution in [2.75, 3.05) is 6.54 Å². The summed E-state index contributed by atoms with van der Waals surface area (Å²) in [4.78, 5) is 23.4. The van der Waals surface area contributed by atoms with Gasteiger partial charge in [-0.15, -0.1) is 0 Å². The number of hydrogen-bond acceptors (Lipinski definition) is 4. The number of nitrogens with zero attached hydrogens (tertiary/aromatic N) is 2. The van der Waals surface area contributed by atoms with Crippen LogP contribution in [-0.4, -0.2) is 28.3 Å². The summed E-state index contributed by atoms with van der Waals surface area (Å²) in [6, 6.07) is 9.82. The summed E-state index contributed by atoms with van der Waals surface area (Å²) in [5, 5.41) is 7.14. The molecular formula is C15H16ClN3O3. The zero-order valence-electron chi connectivity index (χ0n) is 12.0. The van der Waals surface area contributed by atoms with Gasteiger partial charge in [-0.1, -0.05) is 17.7 Å². The van der Waals surface area contributed by atoms with Gasteiger partial charge in [0.2, 0.25) is 0 Å². The minimum atomic E-state index is -0.668. The van der Waals surface area contributed by atoms with Gasteiger partial charge in [0.1, 0.15) is 5.75 Å². The molecule has 0 aliphatic rings. The molecule has 1 atom stereocenters. The average Bonchev–Trinajstić information content (AvgIpc) is 2.49. The molecule has 1 aromatic carbocycles. The highest BCUT2D eigenvalue weighted by Crippen LogP contribution is 2.18. The number of halogens is 1. The Hall–Kier alpha value is -2.34. The largest absolute Gasteiger partial charge is 0.481 e. The van der Waals surface area contributed by atoms with Gasteiger partial charge in [0.15, 0.2) is 6.10 Å². The van der Waals surface area contributed by atoms with E-state index in [0.717, 1.165) is 0 Å². The van der Waals surface area contributed by atoms with Crippen LogP contribution in [0.4, 0.5) is 0 Å². The van der Waals surface area contributed by atoms with Gasteiger partial charge in [-0.3, -0.25) is 9.59 Å². The molecule has 0 saturated carbocycles. The first kappa shape index (κ1) is 16.0. The number of carbonyl (C=O) groups excluding carboxylic acids is 1. The molecule has 0 aliphatic heterocycles. The minimum Gasteiger partial charge on any atom is -0.481 e. The summed E-state index contributed by atoms with van der Waals surface area (Å²) in [7, 11) is 0. The lowest BCUT2D eigenvalue weighted by molar-refractivity contribution is -0.127. The topological polar surface area (TPSA) is 73.2 Å². The molecule has 6 nitrogen and oxygen atoms in total. The third kappa shape index (κ3) is 4.60. The zero-order valence-corrected chi connectivity index (χ0v) is 12.8. The maximum absolute atomic E-state index is 11.9. The van der Waals surface area contributed by atoms with Crippen LogP contribution < -0.4 is 15.6 Å². The van der Waals surface area contributed by atoms with Crippen LogP contribution >= 0.6 is 11.6 Å². The lowest BCUT2D eigenvalue weighted by Gasteiger charge is -2.15. The fraction of sp³-hybridized carbons (Fsp3) is 0.267. The van der Waals surface area contributed by atoms with Crippen molar-refractivity contribution in [1.29, 1.82) is 0 Å². The predicted octanol–water partition coefficient (Wildman–Crippen LogP) is 1.48. The van der Waals surface area contributed by atoms with Crippen LogP contribution in [-0.2, 0) is 11.3 Å². The molecule has 1 heterocycles. The molecule has 0 spiro atoms. The fourth-order valence-electron chi connectivity index (χ4n) is 1.78. The van der Waals surface area contributed by atoms with Gasteiger partial charge >= 0.3 is 0 Å². The third-order valence-corrected chi connectivity index (χ3v) is 3.12. The van der Waals surface area contributed by atoms with E-state index in [1.165, 1.54) is 16.9 Å². The van der Waals surface area contributed by atoms with Crippen molar-refractivity contribution in [3.63, 3.8) is 0 Å². The van der Waals surface area contributed by atoms with Crippen LogP contribution in [0.5, 0.6) is 5.75 Å². The fourth-order valence-corrected chi connectivity index (χ4v) is 1.96. The summed E-state index contributed by atoms with van der Waals surface area (Å²) in [5.41, 5.74) is -0.208. The molecule has 2 aromatic rings. The Morgan fingerprint density at radius 1 is 1.41 bits per heavy atom. The van der Waals surface area contributed by atoms with Gasteiger partial charge in [-0.25, -0.2) is 4.68 Å². The second kappa shape index (κ2) is 7.61. The molecule has 22 heavy (non-hydrogen) atoms. The molecule has 1 aromatic heterocycles. The molecule has 0 bridgehead atoms. The smallest absolute Gasteiger partial charge is 0.266 e.